The van der Waals surface area contributed by atoms with E-state index in [1.54, 1.807) is 18.2 Å². The molecule has 2 aromatic rings. The first kappa shape index (κ1) is 12.6. The summed E-state index contributed by atoms with van der Waals surface area (Å²) >= 11 is 1.53. The number of Topliss-reactive ketones (excluding diaryl/α,β-unsaturated/α-hetero) is 1. The van der Waals surface area contributed by atoms with Gasteiger partial charge in [-0.05, 0) is 19.1 Å². The van der Waals surface area contributed by atoms with Crippen molar-refractivity contribution in [1.82, 2.24) is 4.98 Å². The molecule has 94 valence electrons. The van der Waals surface area contributed by atoms with Gasteiger partial charge in [0.1, 0.15) is 5.75 Å². The number of anilines is 1. The van der Waals surface area contributed by atoms with E-state index >= 15 is 0 Å². The number of thiazole rings is 1. The number of rotatable bonds is 4. The molecule has 1 aromatic heterocycles. The number of ketones is 1. The second kappa shape index (κ2) is 5.18. The lowest BCUT2D eigenvalue weighted by atomic mass is 10.0. The Bertz CT molecular complexity index is 578. The number of carbonyl (C=O) groups excluding carboxylic acids is 1. The molecular formula is C13H14N2O2S. The number of hydrogen-bond donors (Lipinski definition) is 1. The van der Waals surface area contributed by atoms with Gasteiger partial charge < -0.3 is 10.5 Å². The third-order valence-electron chi connectivity index (χ3n) is 2.59. The molecule has 2 N–H and O–H groups in total. The van der Waals surface area contributed by atoms with Gasteiger partial charge in [0.15, 0.2) is 5.78 Å². The van der Waals surface area contributed by atoms with Gasteiger partial charge in [-0.1, -0.05) is 6.07 Å². The minimum Gasteiger partial charge on any atom is -0.495 e. The quantitative estimate of drug-likeness (QED) is 0.679. The van der Waals surface area contributed by atoms with Gasteiger partial charge >= 0.3 is 0 Å². The predicted molar refractivity (Wildman–Crippen MR) is 72.3 cm³/mol. The molecule has 0 bridgehead atoms. The maximum Gasteiger partial charge on any atom is 0.171 e. The Labute approximate surface area is 109 Å². The Kier molecular flexibility index (Phi) is 3.62. The molecule has 1 heterocycles. The number of methoxy groups -OCH3 is 1. The standard InChI is InChI=1S/C13H14N2O2S/c1-8-15-9(7-18-8)6-11(16)10-4-3-5-12(17-2)13(10)14/h3-5,7H,6,14H2,1-2H3. The minimum atomic E-state index is -0.0447. The van der Waals surface area contributed by atoms with E-state index < -0.39 is 0 Å². The van der Waals surface area contributed by atoms with Gasteiger partial charge in [-0.25, -0.2) is 4.98 Å². The SMILES string of the molecule is COc1cccc(C(=O)Cc2csc(C)n2)c1N. The Morgan fingerprint density at radius 3 is 2.89 bits per heavy atom. The highest BCUT2D eigenvalue weighted by Gasteiger charge is 2.14. The first-order chi connectivity index (χ1) is 8.61. The van der Waals surface area contributed by atoms with Gasteiger partial charge in [-0.2, -0.15) is 0 Å². The lowest BCUT2D eigenvalue weighted by Gasteiger charge is -2.08. The molecule has 2 rings (SSSR count). The van der Waals surface area contributed by atoms with Crippen LogP contribution in [0.2, 0.25) is 0 Å². The fourth-order valence-corrected chi connectivity index (χ4v) is 2.33. The van der Waals surface area contributed by atoms with E-state index in [-0.39, 0.29) is 12.2 Å². The van der Waals surface area contributed by atoms with E-state index in [9.17, 15) is 4.79 Å². The first-order valence-electron chi connectivity index (χ1n) is 5.48. The van der Waals surface area contributed by atoms with Crippen LogP contribution >= 0.6 is 11.3 Å². The maximum atomic E-state index is 12.1. The fraction of sp³-hybridized carbons (Fsp3) is 0.231. The summed E-state index contributed by atoms with van der Waals surface area (Å²) in [7, 11) is 1.53. The van der Waals surface area contributed by atoms with Crippen LogP contribution in [0.3, 0.4) is 0 Å². The van der Waals surface area contributed by atoms with Crippen molar-refractivity contribution in [3.63, 3.8) is 0 Å². The molecule has 1 aromatic carbocycles. The number of aromatic nitrogens is 1. The van der Waals surface area contributed by atoms with Crippen molar-refractivity contribution in [3.05, 3.63) is 39.8 Å². The smallest absolute Gasteiger partial charge is 0.171 e. The average Bonchev–Trinajstić information content (AvgIpc) is 2.75. The van der Waals surface area contributed by atoms with Crippen molar-refractivity contribution < 1.29 is 9.53 Å². The van der Waals surface area contributed by atoms with Crippen LogP contribution < -0.4 is 10.5 Å². The molecule has 0 saturated heterocycles. The highest BCUT2D eigenvalue weighted by atomic mass is 32.1. The lowest BCUT2D eigenvalue weighted by molar-refractivity contribution is 0.0992. The van der Waals surface area contributed by atoms with Crippen molar-refractivity contribution >= 4 is 22.8 Å². The van der Waals surface area contributed by atoms with Crippen LogP contribution in [0, 0.1) is 6.92 Å². The summed E-state index contributed by atoms with van der Waals surface area (Å²) in [6.45, 7) is 1.92. The molecule has 0 aliphatic carbocycles. The van der Waals surface area contributed by atoms with Crippen LogP contribution in [0.5, 0.6) is 5.75 Å². The highest BCUT2D eigenvalue weighted by Crippen LogP contribution is 2.25. The monoisotopic (exact) mass is 262 g/mol. The predicted octanol–water partition coefficient (Wildman–Crippen LogP) is 2.47. The summed E-state index contributed by atoms with van der Waals surface area (Å²) in [6.07, 6.45) is 0.266. The van der Waals surface area contributed by atoms with Gasteiger partial charge in [-0.15, -0.1) is 11.3 Å². The molecule has 0 unspecified atom stereocenters. The zero-order valence-electron chi connectivity index (χ0n) is 10.3. The van der Waals surface area contributed by atoms with Gasteiger partial charge in [0.25, 0.3) is 0 Å². The number of nitrogens with two attached hydrogens (primary N) is 1. The van der Waals surface area contributed by atoms with E-state index in [1.807, 2.05) is 12.3 Å². The van der Waals surface area contributed by atoms with Gasteiger partial charge in [-0.3, -0.25) is 4.79 Å². The molecule has 4 nitrogen and oxygen atoms in total. The third-order valence-corrected chi connectivity index (χ3v) is 3.42. The number of para-hydroxylation sites is 1. The second-order valence-corrected chi connectivity index (χ2v) is 4.94. The number of nitrogens with zero attached hydrogens (tertiary/aromatic N) is 1. The largest absolute Gasteiger partial charge is 0.495 e. The number of hydrogen-bond acceptors (Lipinski definition) is 5. The molecule has 0 aliphatic heterocycles. The van der Waals surface area contributed by atoms with Crippen LogP contribution in [0.25, 0.3) is 0 Å². The topological polar surface area (TPSA) is 65.2 Å². The van der Waals surface area contributed by atoms with Crippen molar-refractivity contribution in [2.24, 2.45) is 0 Å². The third kappa shape index (κ3) is 2.51. The maximum absolute atomic E-state index is 12.1. The molecule has 5 heteroatoms. The van der Waals surface area contributed by atoms with Crippen LogP contribution in [0.15, 0.2) is 23.6 Å². The molecule has 0 spiro atoms. The number of aryl methyl sites for hydroxylation is 1. The summed E-state index contributed by atoms with van der Waals surface area (Å²) in [6, 6.07) is 5.20. The van der Waals surface area contributed by atoms with Gasteiger partial charge in [0.05, 0.1) is 29.9 Å². The molecule has 0 fully saturated rings. The van der Waals surface area contributed by atoms with Crippen molar-refractivity contribution in [2.45, 2.75) is 13.3 Å². The Balaban J connectivity index is 2.24. The number of carbonyl (C=O) groups is 1. The summed E-state index contributed by atoms with van der Waals surface area (Å²) in [4.78, 5) is 16.4. The van der Waals surface area contributed by atoms with Gasteiger partial charge in [0.2, 0.25) is 0 Å². The first-order valence-corrected chi connectivity index (χ1v) is 6.36. The van der Waals surface area contributed by atoms with Crippen molar-refractivity contribution in [3.8, 4) is 5.75 Å². The molecule has 0 radical (unpaired) electrons. The lowest BCUT2D eigenvalue weighted by Crippen LogP contribution is -2.08. The fourth-order valence-electron chi connectivity index (χ4n) is 1.71. The summed E-state index contributed by atoms with van der Waals surface area (Å²) in [5.41, 5.74) is 7.54. The minimum absolute atomic E-state index is 0.0447. The van der Waals surface area contributed by atoms with Crippen LogP contribution in [0.1, 0.15) is 21.1 Å². The molecule has 0 aliphatic rings. The van der Waals surface area contributed by atoms with E-state index in [1.165, 1.54) is 18.4 Å². The number of ether oxygens (including phenoxy) is 1. The molecule has 0 amide bonds. The van der Waals surface area contributed by atoms with E-state index in [4.69, 9.17) is 10.5 Å². The number of benzene rings is 1. The summed E-state index contributed by atoms with van der Waals surface area (Å²) in [5, 5.41) is 2.85. The van der Waals surface area contributed by atoms with Crippen molar-refractivity contribution in [1.29, 1.82) is 0 Å². The zero-order chi connectivity index (χ0) is 13.1. The van der Waals surface area contributed by atoms with Gasteiger partial charge in [0, 0.05) is 10.9 Å². The summed E-state index contributed by atoms with van der Waals surface area (Å²) < 4.78 is 5.10. The molecule has 18 heavy (non-hydrogen) atoms. The Hall–Kier alpha value is -1.88. The Morgan fingerprint density at radius 1 is 1.50 bits per heavy atom. The molecule has 0 saturated carbocycles. The van der Waals surface area contributed by atoms with Crippen LogP contribution in [-0.4, -0.2) is 17.9 Å². The second-order valence-electron chi connectivity index (χ2n) is 3.88. The normalized spacial score (nSPS) is 10.3. The van der Waals surface area contributed by atoms with Crippen molar-refractivity contribution in [2.75, 3.05) is 12.8 Å². The van der Waals surface area contributed by atoms with Crippen LogP contribution in [0.4, 0.5) is 5.69 Å². The Morgan fingerprint density at radius 2 is 2.28 bits per heavy atom. The van der Waals surface area contributed by atoms with E-state index in [0.717, 1.165) is 10.7 Å². The zero-order valence-corrected chi connectivity index (χ0v) is 11.1. The van der Waals surface area contributed by atoms with Crippen LogP contribution in [-0.2, 0) is 6.42 Å². The summed E-state index contributed by atoms with van der Waals surface area (Å²) in [5.74, 6) is 0.479. The molecular weight excluding hydrogens is 248 g/mol. The van der Waals surface area contributed by atoms with E-state index in [2.05, 4.69) is 4.98 Å². The van der Waals surface area contributed by atoms with E-state index in [0.29, 0.717) is 17.0 Å². The number of nitrogen functional groups attached to an aromatic ring is 1. The average molecular weight is 262 g/mol. The highest BCUT2D eigenvalue weighted by molar-refractivity contribution is 7.09. The molecule has 0 atom stereocenters.